The van der Waals surface area contributed by atoms with Crippen LogP contribution >= 0.6 is 0 Å². The normalized spacial score (nSPS) is 15.1. The molecule has 3 nitrogen and oxygen atoms in total. The third-order valence-corrected chi connectivity index (χ3v) is 5.32. The number of hydrogen-bond donors (Lipinski definition) is 0. The number of likely N-dealkylation sites (tertiary alicyclic amines) is 1. The molecule has 3 rings (SSSR count). The van der Waals surface area contributed by atoms with Crippen LogP contribution in [0.15, 0.2) is 54.6 Å². The van der Waals surface area contributed by atoms with E-state index in [4.69, 9.17) is 4.74 Å². The van der Waals surface area contributed by atoms with Gasteiger partial charge in [-0.25, -0.2) is 4.79 Å². The van der Waals surface area contributed by atoms with E-state index in [1.54, 1.807) is 0 Å². The molecule has 1 aliphatic rings. The lowest BCUT2D eigenvalue weighted by Crippen LogP contribution is -2.41. The van der Waals surface area contributed by atoms with Crippen LogP contribution in [0.5, 0.6) is 0 Å². The molecule has 2 aromatic carbocycles. The zero-order chi connectivity index (χ0) is 21.0. The van der Waals surface area contributed by atoms with Crippen molar-refractivity contribution in [2.24, 2.45) is 5.92 Å². The number of hydrogen-bond acceptors (Lipinski definition) is 2. The molecule has 0 radical (unpaired) electrons. The highest BCUT2D eigenvalue weighted by molar-refractivity contribution is 5.80. The summed E-state index contributed by atoms with van der Waals surface area (Å²) in [5.74, 6) is 0.450. The minimum atomic E-state index is -0.447. The predicted molar refractivity (Wildman–Crippen MR) is 120 cm³/mol. The summed E-state index contributed by atoms with van der Waals surface area (Å²) < 4.78 is 5.53. The minimum absolute atomic E-state index is 0.197. The van der Waals surface area contributed by atoms with E-state index in [1.165, 1.54) is 27.8 Å². The van der Waals surface area contributed by atoms with E-state index in [2.05, 4.69) is 68.5 Å². The predicted octanol–water partition coefficient (Wildman–Crippen LogP) is 6.38. The standard InChI is InChI=1S/C26H33NO2/c1-19-6-10-22(11-7-19)24(23-12-8-20(2)9-13-23)18-21-14-16-27(17-15-21)25(28)29-26(3,4)5/h6-13,18,21H,14-17H2,1-5H3. The van der Waals surface area contributed by atoms with E-state index in [0.29, 0.717) is 5.92 Å². The fourth-order valence-electron chi connectivity index (χ4n) is 3.64. The molecule has 0 aliphatic carbocycles. The molecule has 1 saturated heterocycles. The molecule has 1 fully saturated rings. The topological polar surface area (TPSA) is 29.5 Å². The molecular weight excluding hydrogens is 358 g/mol. The zero-order valence-corrected chi connectivity index (χ0v) is 18.4. The third-order valence-electron chi connectivity index (χ3n) is 5.32. The van der Waals surface area contributed by atoms with Crippen LogP contribution in [-0.4, -0.2) is 29.7 Å². The molecule has 0 unspecified atom stereocenters. The maximum atomic E-state index is 12.3. The molecule has 29 heavy (non-hydrogen) atoms. The molecular formula is C26H33NO2. The molecule has 1 amide bonds. The summed E-state index contributed by atoms with van der Waals surface area (Å²) in [5.41, 5.74) is 5.85. The average molecular weight is 392 g/mol. The summed E-state index contributed by atoms with van der Waals surface area (Å²) in [6, 6.07) is 17.5. The smallest absolute Gasteiger partial charge is 0.410 e. The second-order valence-electron chi connectivity index (χ2n) is 9.12. The number of carbonyl (C=O) groups is 1. The number of carbonyl (C=O) groups excluding carboxylic acids is 1. The fourth-order valence-corrected chi connectivity index (χ4v) is 3.64. The van der Waals surface area contributed by atoms with Crippen LogP contribution in [0, 0.1) is 19.8 Å². The van der Waals surface area contributed by atoms with Gasteiger partial charge in [0.2, 0.25) is 0 Å². The van der Waals surface area contributed by atoms with Crippen LogP contribution in [0.1, 0.15) is 55.9 Å². The van der Waals surface area contributed by atoms with Gasteiger partial charge in [-0.3, -0.25) is 0 Å². The highest BCUT2D eigenvalue weighted by atomic mass is 16.6. The van der Waals surface area contributed by atoms with E-state index < -0.39 is 5.60 Å². The molecule has 0 aromatic heterocycles. The number of rotatable bonds is 3. The average Bonchev–Trinajstić information content (AvgIpc) is 2.67. The minimum Gasteiger partial charge on any atom is -0.444 e. The quantitative estimate of drug-likeness (QED) is 0.607. The molecule has 1 heterocycles. The summed E-state index contributed by atoms with van der Waals surface area (Å²) in [6.45, 7) is 11.5. The maximum absolute atomic E-state index is 12.3. The first kappa shape index (κ1) is 21.2. The van der Waals surface area contributed by atoms with Crippen LogP contribution in [-0.2, 0) is 4.74 Å². The Morgan fingerprint density at radius 2 is 1.34 bits per heavy atom. The van der Waals surface area contributed by atoms with Gasteiger partial charge in [-0.15, -0.1) is 0 Å². The van der Waals surface area contributed by atoms with Gasteiger partial charge >= 0.3 is 6.09 Å². The highest BCUT2D eigenvalue weighted by Crippen LogP contribution is 2.29. The SMILES string of the molecule is Cc1ccc(C(=CC2CCN(C(=O)OC(C)(C)C)CC2)c2ccc(C)cc2)cc1. The van der Waals surface area contributed by atoms with E-state index in [0.717, 1.165) is 25.9 Å². The van der Waals surface area contributed by atoms with Crippen molar-refractivity contribution in [1.29, 1.82) is 0 Å². The Labute approximate surface area is 175 Å². The van der Waals surface area contributed by atoms with Gasteiger partial charge in [0.05, 0.1) is 0 Å². The van der Waals surface area contributed by atoms with Crippen LogP contribution in [0.25, 0.3) is 5.57 Å². The Hall–Kier alpha value is -2.55. The van der Waals surface area contributed by atoms with Crippen molar-refractivity contribution >= 4 is 11.7 Å². The van der Waals surface area contributed by atoms with Crippen molar-refractivity contribution in [3.63, 3.8) is 0 Å². The summed E-state index contributed by atoms with van der Waals surface area (Å²) in [4.78, 5) is 14.2. The summed E-state index contributed by atoms with van der Waals surface area (Å²) in [6.07, 6.45) is 4.13. The number of allylic oxidation sites excluding steroid dienone is 1. The van der Waals surface area contributed by atoms with Gasteiger partial charge in [0, 0.05) is 13.1 Å². The molecule has 3 heteroatoms. The highest BCUT2D eigenvalue weighted by Gasteiger charge is 2.26. The van der Waals surface area contributed by atoms with Crippen molar-refractivity contribution in [2.45, 2.75) is 53.1 Å². The van der Waals surface area contributed by atoms with Gasteiger partial charge < -0.3 is 9.64 Å². The second kappa shape index (κ2) is 8.86. The lowest BCUT2D eigenvalue weighted by Gasteiger charge is -2.33. The molecule has 154 valence electrons. The third kappa shape index (κ3) is 5.96. The van der Waals surface area contributed by atoms with E-state index >= 15 is 0 Å². The van der Waals surface area contributed by atoms with Crippen LogP contribution in [0.2, 0.25) is 0 Å². The molecule has 2 aromatic rings. The van der Waals surface area contributed by atoms with Crippen molar-refractivity contribution in [3.8, 4) is 0 Å². The number of piperidine rings is 1. The second-order valence-corrected chi connectivity index (χ2v) is 9.12. The molecule has 1 aliphatic heterocycles. The number of amides is 1. The molecule has 0 spiro atoms. The van der Waals surface area contributed by atoms with Crippen LogP contribution in [0.3, 0.4) is 0 Å². The Bertz CT molecular complexity index is 802. The van der Waals surface area contributed by atoms with Crippen LogP contribution < -0.4 is 0 Å². The fraction of sp³-hybridized carbons (Fsp3) is 0.423. The summed E-state index contributed by atoms with van der Waals surface area (Å²) >= 11 is 0. The van der Waals surface area contributed by atoms with Crippen molar-refractivity contribution in [1.82, 2.24) is 4.90 Å². The monoisotopic (exact) mass is 391 g/mol. The number of benzene rings is 2. The first-order valence-corrected chi connectivity index (χ1v) is 10.5. The molecule has 0 bridgehead atoms. The number of aryl methyl sites for hydroxylation is 2. The van der Waals surface area contributed by atoms with Gasteiger partial charge in [-0.1, -0.05) is 65.7 Å². The maximum Gasteiger partial charge on any atom is 0.410 e. The summed E-state index contributed by atoms with van der Waals surface area (Å²) in [7, 11) is 0. The van der Waals surface area contributed by atoms with Gasteiger partial charge in [-0.2, -0.15) is 0 Å². The molecule has 0 saturated carbocycles. The van der Waals surface area contributed by atoms with Gasteiger partial charge in [-0.05, 0) is 70.1 Å². The van der Waals surface area contributed by atoms with Gasteiger partial charge in [0.1, 0.15) is 5.60 Å². The number of ether oxygens (including phenoxy) is 1. The van der Waals surface area contributed by atoms with Crippen molar-refractivity contribution in [2.75, 3.05) is 13.1 Å². The van der Waals surface area contributed by atoms with Crippen molar-refractivity contribution in [3.05, 3.63) is 76.9 Å². The zero-order valence-electron chi connectivity index (χ0n) is 18.4. The summed E-state index contributed by atoms with van der Waals surface area (Å²) in [5, 5.41) is 0. The van der Waals surface area contributed by atoms with E-state index in [1.807, 2.05) is 25.7 Å². The Morgan fingerprint density at radius 3 is 1.76 bits per heavy atom. The largest absolute Gasteiger partial charge is 0.444 e. The van der Waals surface area contributed by atoms with Crippen molar-refractivity contribution < 1.29 is 9.53 Å². The molecule has 0 N–H and O–H groups in total. The Balaban J connectivity index is 1.78. The number of nitrogens with zero attached hydrogens (tertiary/aromatic N) is 1. The Kier molecular flexibility index (Phi) is 6.46. The van der Waals surface area contributed by atoms with Crippen LogP contribution in [0.4, 0.5) is 4.79 Å². The van der Waals surface area contributed by atoms with Gasteiger partial charge in [0.25, 0.3) is 0 Å². The lowest BCUT2D eigenvalue weighted by atomic mass is 9.89. The van der Waals surface area contributed by atoms with E-state index in [9.17, 15) is 4.79 Å². The molecule has 0 atom stereocenters. The van der Waals surface area contributed by atoms with Gasteiger partial charge in [0.15, 0.2) is 0 Å². The first-order chi connectivity index (χ1) is 13.7. The van der Waals surface area contributed by atoms with E-state index in [-0.39, 0.29) is 6.09 Å². The Morgan fingerprint density at radius 1 is 0.897 bits per heavy atom. The first-order valence-electron chi connectivity index (χ1n) is 10.5. The lowest BCUT2D eigenvalue weighted by molar-refractivity contribution is 0.0197.